The van der Waals surface area contributed by atoms with E-state index in [0.29, 0.717) is 5.41 Å². The summed E-state index contributed by atoms with van der Waals surface area (Å²) in [5, 5.41) is 7.83. The minimum atomic E-state index is 0.466. The Morgan fingerprint density at radius 1 is 1.38 bits per heavy atom. The molecule has 0 amide bonds. The minimum Gasteiger partial charge on any atom is -0.317 e. The van der Waals surface area contributed by atoms with Gasteiger partial charge in [0.05, 0.1) is 0 Å². The van der Waals surface area contributed by atoms with E-state index >= 15 is 0 Å². The van der Waals surface area contributed by atoms with Crippen molar-refractivity contribution in [1.29, 1.82) is 0 Å². The first-order chi connectivity index (χ1) is 7.83. The van der Waals surface area contributed by atoms with Crippen LogP contribution in [-0.4, -0.2) is 22.9 Å². The molecule has 88 valence electrons. The van der Waals surface area contributed by atoms with Gasteiger partial charge in [0.15, 0.2) is 0 Å². The van der Waals surface area contributed by atoms with Gasteiger partial charge in [0.25, 0.3) is 0 Å². The summed E-state index contributed by atoms with van der Waals surface area (Å²) in [6, 6.07) is 2.24. The topological polar surface area (TPSA) is 29.9 Å². The number of aryl methyl sites for hydroxylation is 1. The Hall–Kier alpha value is -0.830. The van der Waals surface area contributed by atoms with E-state index in [0.717, 1.165) is 5.92 Å². The third-order valence-corrected chi connectivity index (χ3v) is 4.70. The molecule has 1 saturated heterocycles. The van der Waals surface area contributed by atoms with Gasteiger partial charge >= 0.3 is 0 Å². The van der Waals surface area contributed by atoms with Crippen molar-refractivity contribution in [2.75, 3.05) is 13.1 Å². The molecular formula is C13H21N3. The molecule has 1 aromatic heterocycles. The zero-order valence-corrected chi connectivity index (χ0v) is 10.1. The fraction of sp³-hybridized carbons (Fsp3) is 0.769. The second-order valence-electron chi connectivity index (χ2n) is 5.37. The first-order valence-electron chi connectivity index (χ1n) is 6.52. The van der Waals surface area contributed by atoms with Crippen LogP contribution < -0.4 is 5.32 Å². The van der Waals surface area contributed by atoms with Gasteiger partial charge in [0, 0.05) is 24.4 Å². The highest BCUT2D eigenvalue weighted by Crippen LogP contribution is 2.51. The Balaban J connectivity index is 1.90. The molecule has 1 aromatic rings. The molecule has 0 bridgehead atoms. The van der Waals surface area contributed by atoms with Crippen LogP contribution in [0.2, 0.25) is 0 Å². The zero-order chi connectivity index (χ0) is 11.0. The highest BCUT2D eigenvalue weighted by molar-refractivity contribution is 5.22. The molecule has 1 aliphatic heterocycles. The molecule has 3 rings (SSSR count). The van der Waals surface area contributed by atoms with Gasteiger partial charge in [0.1, 0.15) is 0 Å². The van der Waals surface area contributed by atoms with Crippen LogP contribution in [-0.2, 0) is 12.5 Å². The van der Waals surface area contributed by atoms with E-state index in [4.69, 9.17) is 0 Å². The Kier molecular flexibility index (Phi) is 2.51. The first kappa shape index (κ1) is 10.3. The van der Waals surface area contributed by atoms with Crippen LogP contribution in [0.5, 0.6) is 0 Å². The van der Waals surface area contributed by atoms with Gasteiger partial charge in [-0.3, -0.25) is 4.68 Å². The third kappa shape index (κ3) is 1.41. The number of rotatable bonds is 2. The Morgan fingerprint density at radius 2 is 2.12 bits per heavy atom. The highest BCUT2D eigenvalue weighted by atomic mass is 15.3. The van der Waals surface area contributed by atoms with E-state index in [9.17, 15) is 0 Å². The second-order valence-corrected chi connectivity index (χ2v) is 5.37. The summed E-state index contributed by atoms with van der Waals surface area (Å²) >= 11 is 0. The molecule has 0 atom stereocenters. The molecule has 1 saturated carbocycles. The van der Waals surface area contributed by atoms with Crippen molar-refractivity contribution in [2.45, 2.75) is 37.5 Å². The molecular weight excluding hydrogens is 198 g/mol. The molecule has 3 nitrogen and oxygen atoms in total. The molecule has 16 heavy (non-hydrogen) atoms. The van der Waals surface area contributed by atoms with Crippen LogP contribution in [0.1, 0.15) is 37.8 Å². The van der Waals surface area contributed by atoms with E-state index in [1.54, 1.807) is 0 Å². The van der Waals surface area contributed by atoms with Crippen LogP contribution in [0.3, 0.4) is 0 Å². The van der Waals surface area contributed by atoms with Crippen LogP contribution >= 0.6 is 0 Å². The summed E-state index contributed by atoms with van der Waals surface area (Å²) < 4.78 is 2.10. The zero-order valence-electron chi connectivity index (χ0n) is 10.1. The molecule has 1 aliphatic carbocycles. The lowest BCUT2D eigenvalue weighted by atomic mass is 9.57. The van der Waals surface area contributed by atoms with Crippen LogP contribution in [0, 0.1) is 5.92 Å². The van der Waals surface area contributed by atoms with E-state index < -0.39 is 0 Å². The number of nitrogens with one attached hydrogen (secondary N) is 1. The van der Waals surface area contributed by atoms with Gasteiger partial charge in [-0.15, -0.1) is 0 Å². The summed E-state index contributed by atoms with van der Waals surface area (Å²) in [5.41, 5.74) is 1.94. The van der Waals surface area contributed by atoms with Crippen molar-refractivity contribution < 1.29 is 0 Å². The maximum atomic E-state index is 4.36. The number of aromatic nitrogens is 2. The fourth-order valence-electron chi connectivity index (χ4n) is 3.67. The average molecular weight is 219 g/mol. The molecule has 1 N–H and O–H groups in total. The number of nitrogens with zero attached hydrogens (tertiary/aromatic N) is 2. The van der Waals surface area contributed by atoms with Crippen LogP contribution in [0.15, 0.2) is 12.3 Å². The molecule has 2 aliphatic rings. The molecule has 0 spiro atoms. The highest BCUT2D eigenvalue weighted by Gasteiger charge is 2.46. The Labute approximate surface area is 97.2 Å². The first-order valence-corrected chi connectivity index (χ1v) is 6.52. The molecule has 0 unspecified atom stereocenters. The minimum absolute atomic E-state index is 0.466. The van der Waals surface area contributed by atoms with Gasteiger partial charge in [-0.25, -0.2) is 0 Å². The van der Waals surface area contributed by atoms with Crippen molar-refractivity contribution in [2.24, 2.45) is 13.0 Å². The third-order valence-electron chi connectivity index (χ3n) is 4.70. The smallest absolute Gasteiger partial charge is 0.0492 e. The predicted molar refractivity (Wildman–Crippen MR) is 64.3 cm³/mol. The summed E-state index contributed by atoms with van der Waals surface area (Å²) in [7, 11) is 2.09. The maximum Gasteiger partial charge on any atom is 0.0492 e. The molecule has 2 fully saturated rings. The van der Waals surface area contributed by atoms with E-state index in [1.807, 2.05) is 6.20 Å². The number of hydrogen-bond donors (Lipinski definition) is 1. The number of piperidine rings is 1. The van der Waals surface area contributed by atoms with Crippen molar-refractivity contribution >= 4 is 0 Å². The maximum absolute atomic E-state index is 4.36. The van der Waals surface area contributed by atoms with Crippen molar-refractivity contribution in [3.8, 4) is 0 Å². The number of hydrogen-bond acceptors (Lipinski definition) is 2. The van der Waals surface area contributed by atoms with E-state index in [2.05, 4.69) is 28.2 Å². The van der Waals surface area contributed by atoms with Crippen molar-refractivity contribution in [3.63, 3.8) is 0 Å². The molecule has 3 heteroatoms. The normalized spacial score (nSPS) is 25.3. The van der Waals surface area contributed by atoms with Crippen molar-refractivity contribution in [1.82, 2.24) is 15.1 Å². The van der Waals surface area contributed by atoms with Crippen LogP contribution in [0.4, 0.5) is 0 Å². The summed E-state index contributed by atoms with van der Waals surface area (Å²) in [6.45, 7) is 2.40. The Morgan fingerprint density at radius 3 is 2.62 bits per heavy atom. The molecule has 2 heterocycles. The SMILES string of the molecule is Cn1nccc1C1(C2CCNCC2)CCC1. The standard InChI is InChI=1S/C13H21N3/c1-16-12(5-10-15-16)13(6-2-7-13)11-3-8-14-9-4-11/h5,10-11,14H,2-4,6-9H2,1H3. The summed E-state index contributed by atoms with van der Waals surface area (Å²) in [4.78, 5) is 0. The quantitative estimate of drug-likeness (QED) is 0.822. The molecule has 0 radical (unpaired) electrons. The summed E-state index contributed by atoms with van der Waals surface area (Å²) in [6.07, 6.45) is 8.77. The lowest BCUT2D eigenvalue weighted by Crippen LogP contribution is -2.47. The van der Waals surface area contributed by atoms with Crippen LogP contribution in [0.25, 0.3) is 0 Å². The van der Waals surface area contributed by atoms with Gasteiger partial charge in [-0.2, -0.15) is 5.10 Å². The van der Waals surface area contributed by atoms with E-state index in [-0.39, 0.29) is 0 Å². The van der Waals surface area contributed by atoms with Gasteiger partial charge in [0.2, 0.25) is 0 Å². The Bertz CT molecular complexity index is 359. The fourth-order valence-corrected chi connectivity index (χ4v) is 3.67. The van der Waals surface area contributed by atoms with E-state index in [1.165, 1.54) is 50.9 Å². The lowest BCUT2D eigenvalue weighted by molar-refractivity contribution is 0.107. The second kappa shape index (κ2) is 3.88. The predicted octanol–water partition coefficient (Wildman–Crippen LogP) is 1.84. The molecule has 0 aromatic carbocycles. The van der Waals surface area contributed by atoms with Gasteiger partial charge < -0.3 is 5.32 Å². The largest absolute Gasteiger partial charge is 0.317 e. The van der Waals surface area contributed by atoms with Crippen molar-refractivity contribution in [3.05, 3.63) is 18.0 Å². The average Bonchev–Trinajstić information content (AvgIpc) is 2.66. The van der Waals surface area contributed by atoms with Gasteiger partial charge in [-0.1, -0.05) is 6.42 Å². The van der Waals surface area contributed by atoms with Gasteiger partial charge in [-0.05, 0) is 50.8 Å². The lowest BCUT2D eigenvalue weighted by Gasteiger charge is -2.49. The summed E-state index contributed by atoms with van der Waals surface area (Å²) in [5.74, 6) is 0.873. The monoisotopic (exact) mass is 219 g/mol.